The van der Waals surface area contributed by atoms with Gasteiger partial charge in [-0.2, -0.15) is 0 Å². The molecule has 0 saturated carbocycles. The second-order valence-electron chi connectivity index (χ2n) is 5.77. The van der Waals surface area contributed by atoms with Gasteiger partial charge in [0.05, 0.1) is 11.9 Å². The van der Waals surface area contributed by atoms with Crippen LogP contribution in [0.25, 0.3) is 0 Å². The van der Waals surface area contributed by atoms with Crippen LogP contribution in [-0.2, 0) is 14.8 Å². The monoisotopic (exact) mass is 290 g/mol. The first kappa shape index (κ1) is 15.2. The van der Waals surface area contributed by atoms with Gasteiger partial charge < -0.3 is 10.1 Å². The fourth-order valence-corrected chi connectivity index (χ4v) is 4.32. The largest absolute Gasteiger partial charge is 0.378 e. The molecule has 0 aromatic carbocycles. The van der Waals surface area contributed by atoms with E-state index in [1.807, 2.05) is 6.92 Å². The standard InChI is InChI=1S/C13H26N2O3S/c1-11-10-13(5-8-18-11)15-19(16,17)9-6-12-4-2-3-7-14-12/h11-15H,2-10H2,1H3. The Morgan fingerprint density at radius 1 is 1.32 bits per heavy atom. The quantitative estimate of drug-likeness (QED) is 0.793. The maximum atomic E-state index is 12.1. The lowest BCUT2D eigenvalue weighted by molar-refractivity contribution is 0.0173. The summed E-state index contributed by atoms with van der Waals surface area (Å²) in [5.74, 6) is 0.233. The molecule has 0 aliphatic carbocycles. The first-order valence-electron chi connectivity index (χ1n) is 7.40. The van der Waals surface area contributed by atoms with Crippen LogP contribution in [0.15, 0.2) is 0 Å². The van der Waals surface area contributed by atoms with Gasteiger partial charge in [-0.15, -0.1) is 0 Å². The van der Waals surface area contributed by atoms with Gasteiger partial charge in [-0.05, 0) is 45.6 Å². The fraction of sp³-hybridized carbons (Fsp3) is 1.00. The molecule has 5 nitrogen and oxygen atoms in total. The van der Waals surface area contributed by atoms with Gasteiger partial charge in [0.2, 0.25) is 10.0 Å². The minimum absolute atomic E-state index is 0.0491. The second kappa shape index (κ2) is 7.02. The highest BCUT2D eigenvalue weighted by Crippen LogP contribution is 2.15. The van der Waals surface area contributed by atoms with Gasteiger partial charge in [-0.1, -0.05) is 6.42 Å². The Hall–Kier alpha value is -0.170. The van der Waals surface area contributed by atoms with Crippen LogP contribution >= 0.6 is 0 Å². The SMILES string of the molecule is CC1CC(NS(=O)(=O)CCC2CCCCN2)CCO1. The molecule has 2 N–H and O–H groups in total. The molecule has 0 bridgehead atoms. The van der Waals surface area contributed by atoms with E-state index < -0.39 is 10.0 Å². The highest BCUT2D eigenvalue weighted by molar-refractivity contribution is 7.89. The normalized spacial score (nSPS) is 33.2. The Balaban J connectivity index is 1.74. The Labute approximate surface area is 116 Å². The van der Waals surface area contributed by atoms with Crippen molar-refractivity contribution >= 4 is 10.0 Å². The van der Waals surface area contributed by atoms with Crippen molar-refractivity contribution in [3.63, 3.8) is 0 Å². The van der Waals surface area contributed by atoms with Crippen molar-refractivity contribution in [3.8, 4) is 0 Å². The van der Waals surface area contributed by atoms with Gasteiger partial charge in [0.25, 0.3) is 0 Å². The van der Waals surface area contributed by atoms with E-state index in [-0.39, 0.29) is 17.9 Å². The zero-order valence-corrected chi connectivity index (χ0v) is 12.5. The molecule has 0 spiro atoms. The summed E-state index contributed by atoms with van der Waals surface area (Å²) in [5.41, 5.74) is 0. The van der Waals surface area contributed by atoms with Crippen LogP contribution in [0.2, 0.25) is 0 Å². The van der Waals surface area contributed by atoms with E-state index in [1.165, 1.54) is 12.8 Å². The molecule has 0 amide bonds. The lowest BCUT2D eigenvalue weighted by Crippen LogP contribution is -2.43. The third kappa shape index (κ3) is 5.38. The van der Waals surface area contributed by atoms with Crippen LogP contribution in [0, 0.1) is 0 Å². The van der Waals surface area contributed by atoms with Gasteiger partial charge in [0.1, 0.15) is 0 Å². The molecular weight excluding hydrogens is 264 g/mol. The Morgan fingerprint density at radius 2 is 2.16 bits per heavy atom. The summed E-state index contributed by atoms with van der Waals surface area (Å²) in [6, 6.07) is 0.423. The summed E-state index contributed by atoms with van der Waals surface area (Å²) in [6.45, 7) is 3.67. The molecule has 112 valence electrons. The van der Waals surface area contributed by atoms with Gasteiger partial charge in [0, 0.05) is 18.7 Å². The van der Waals surface area contributed by atoms with Crippen LogP contribution in [0.4, 0.5) is 0 Å². The number of hydrogen-bond donors (Lipinski definition) is 2. The van der Waals surface area contributed by atoms with E-state index in [0.717, 1.165) is 25.8 Å². The van der Waals surface area contributed by atoms with Crippen molar-refractivity contribution in [2.24, 2.45) is 0 Å². The summed E-state index contributed by atoms with van der Waals surface area (Å²) < 4.78 is 32.4. The Kier molecular flexibility index (Phi) is 5.62. The number of piperidine rings is 1. The number of nitrogens with one attached hydrogen (secondary N) is 2. The van der Waals surface area contributed by atoms with Gasteiger partial charge in [-0.25, -0.2) is 13.1 Å². The minimum Gasteiger partial charge on any atom is -0.378 e. The molecular formula is C13H26N2O3S. The predicted molar refractivity (Wildman–Crippen MR) is 75.6 cm³/mol. The molecule has 3 unspecified atom stereocenters. The third-order valence-electron chi connectivity index (χ3n) is 3.98. The van der Waals surface area contributed by atoms with Crippen LogP contribution < -0.4 is 10.0 Å². The van der Waals surface area contributed by atoms with Crippen LogP contribution in [0.3, 0.4) is 0 Å². The summed E-state index contributed by atoms with van der Waals surface area (Å²) >= 11 is 0. The summed E-state index contributed by atoms with van der Waals surface area (Å²) in [7, 11) is -3.15. The number of rotatable bonds is 5. The van der Waals surface area contributed by atoms with E-state index in [1.54, 1.807) is 0 Å². The van der Waals surface area contributed by atoms with Crippen molar-refractivity contribution < 1.29 is 13.2 Å². The lowest BCUT2D eigenvalue weighted by atomic mass is 10.0. The van der Waals surface area contributed by atoms with Crippen molar-refractivity contribution in [1.29, 1.82) is 0 Å². The molecule has 2 rings (SSSR count). The molecule has 2 fully saturated rings. The van der Waals surface area contributed by atoms with Gasteiger partial charge >= 0.3 is 0 Å². The van der Waals surface area contributed by atoms with E-state index >= 15 is 0 Å². The van der Waals surface area contributed by atoms with Crippen LogP contribution in [0.1, 0.15) is 45.4 Å². The molecule has 2 heterocycles. The van der Waals surface area contributed by atoms with E-state index in [2.05, 4.69) is 10.0 Å². The predicted octanol–water partition coefficient (Wildman–Crippen LogP) is 1.01. The highest BCUT2D eigenvalue weighted by atomic mass is 32.2. The number of hydrogen-bond acceptors (Lipinski definition) is 4. The smallest absolute Gasteiger partial charge is 0.211 e. The third-order valence-corrected chi connectivity index (χ3v) is 5.44. The Bertz CT molecular complexity index is 366. The maximum Gasteiger partial charge on any atom is 0.211 e. The molecule has 19 heavy (non-hydrogen) atoms. The molecule has 0 aromatic rings. The zero-order chi connectivity index (χ0) is 13.7. The van der Waals surface area contributed by atoms with Crippen LogP contribution in [-0.4, -0.2) is 45.5 Å². The van der Waals surface area contributed by atoms with Crippen molar-refractivity contribution in [3.05, 3.63) is 0 Å². The van der Waals surface area contributed by atoms with Crippen molar-refractivity contribution in [2.75, 3.05) is 18.9 Å². The summed E-state index contributed by atoms with van der Waals surface area (Å²) in [6.07, 6.45) is 5.95. The first-order chi connectivity index (χ1) is 9.05. The highest BCUT2D eigenvalue weighted by Gasteiger charge is 2.24. The average Bonchev–Trinajstić information content (AvgIpc) is 2.37. The second-order valence-corrected chi connectivity index (χ2v) is 7.65. The molecule has 2 aliphatic heterocycles. The van der Waals surface area contributed by atoms with Gasteiger partial charge in [0.15, 0.2) is 0 Å². The molecule has 0 aromatic heterocycles. The van der Waals surface area contributed by atoms with E-state index in [9.17, 15) is 8.42 Å². The van der Waals surface area contributed by atoms with Crippen molar-refractivity contribution in [1.82, 2.24) is 10.0 Å². The summed E-state index contributed by atoms with van der Waals surface area (Å²) in [4.78, 5) is 0. The van der Waals surface area contributed by atoms with E-state index in [4.69, 9.17) is 4.74 Å². The Morgan fingerprint density at radius 3 is 2.84 bits per heavy atom. The van der Waals surface area contributed by atoms with E-state index in [0.29, 0.717) is 19.1 Å². The minimum atomic E-state index is -3.15. The average molecular weight is 290 g/mol. The first-order valence-corrected chi connectivity index (χ1v) is 9.05. The molecule has 0 radical (unpaired) electrons. The molecule has 2 saturated heterocycles. The number of sulfonamides is 1. The molecule has 2 aliphatic rings. The number of ether oxygens (including phenoxy) is 1. The lowest BCUT2D eigenvalue weighted by Gasteiger charge is -2.28. The van der Waals surface area contributed by atoms with Crippen LogP contribution in [0.5, 0.6) is 0 Å². The maximum absolute atomic E-state index is 12.1. The van der Waals surface area contributed by atoms with Gasteiger partial charge in [-0.3, -0.25) is 0 Å². The van der Waals surface area contributed by atoms with Crippen molar-refractivity contribution in [2.45, 2.75) is 63.6 Å². The summed E-state index contributed by atoms with van der Waals surface area (Å²) in [5, 5.41) is 3.39. The zero-order valence-electron chi connectivity index (χ0n) is 11.7. The molecule has 6 heteroatoms. The fourth-order valence-electron chi connectivity index (χ4n) is 2.89. The molecule has 3 atom stereocenters. The topological polar surface area (TPSA) is 67.4 Å².